The third-order valence-corrected chi connectivity index (χ3v) is 10.1. The molecule has 0 unspecified atom stereocenters. The SMILES string of the molecule is O=C(NC1(C(=O)O)CCCCC1)C1CCCCC1.O=C(NC1(C(=O)OCc2ccccc2)CCCCC1)C1CCCCC1. The van der Waals surface area contributed by atoms with Crippen molar-refractivity contribution >= 4 is 23.8 Å². The minimum absolute atomic E-state index is 0.0287. The summed E-state index contributed by atoms with van der Waals surface area (Å²) in [6.07, 6.45) is 19.0. The highest BCUT2D eigenvalue weighted by Crippen LogP contribution is 2.33. The molecule has 1 aromatic rings. The lowest BCUT2D eigenvalue weighted by molar-refractivity contribution is -0.157. The second-order valence-electron chi connectivity index (χ2n) is 13.3. The van der Waals surface area contributed by atoms with Gasteiger partial charge >= 0.3 is 11.9 Å². The van der Waals surface area contributed by atoms with Gasteiger partial charge in [-0.2, -0.15) is 0 Å². The number of ether oxygens (including phenoxy) is 1. The summed E-state index contributed by atoms with van der Waals surface area (Å²) < 4.78 is 5.61. The van der Waals surface area contributed by atoms with Crippen molar-refractivity contribution < 1.29 is 29.0 Å². The van der Waals surface area contributed by atoms with Gasteiger partial charge in [0.2, 0.25) is 11.8 Å². The smallest absolute Gasteiger partial charge is 0.332 e. The Labute approximate surface area is 257 Å². The number of aliphatic carboxylic acids is 1. The molecule has 0 aromatic heterocycles. The van der Waals surface area contributed by atoms with E-state index in [-0.39, 0.29) is 36.2 Å². The van der Waals surface area contributed by atoms with Crippen LogP contribution in [0.5, 0.6) is 0 Å². The third-order valence-electron chi connectivity index (χ3n) is 10.1. The summed E-state index contributed by atoms with van der Waals surface area (Å²) in [4.78, 5) is 49.3. The summed E-state index contributed by atoms with van der Waals surface area (Å²) in [7, 11) is 0. The van der Waals surface area contributed by atoms with Crippen molar-refractivity contribution in [3.05, 3.63) is 35.9 Å². The van der Waals surface area contributed by atoms with Crippen LogP contribution in [0.4, 0.5) is 0 Å². The van der Waals surface area contributed by atoms with Gasteiger partial charge in [0, 0.05) is 11.8 Å². The number of hydrogen-bond donors (Lipinski definition) is 3. The van der Waals surface area contributed by atoms with Crippen LogP contribution in [0.15, 0.2) is 30.3 Å². The average molecular weight is 597 g/mol. The number of carboxylic acid groups (broad SMARTS) is 1. The molecule has 4 fully saturated rings. The summed E-state index contributed by atoms with van der Waals surface area (Å²) in [6, 6.07) is 9.70. The van der Waals surface area contributed by atoms with Crippen molar-refractivity contribution in [1.82, 2.24) is 10.6 Å². The summed E-state index contributed by atoms with van der Waals surface area (Å²) >= 11 is 0. The van der Waals surface area contributed by atoms with Gasteiger partial charge in [-0.05, 0) is 56.9 Å². The molecule has 0 spiro atoms. The van der Waals surface area contributed by atoms with Crippen molar-refractivity contribution in [2.45, 2.75) is 146 Å². The molecule has 3 N–H and O–H groups in total. The Morgan fingerprint density at radius 2 is 1.05 bits per heavy atom. The fraction of sp³-hybridized carbons (Fsp3) is 0.714. The maximum absolute atomic E-state index is 12.9. The average Bonchev–Trinajstić information content (AvgIpc) is 3.06. The van der Waals surface area contributed by atoms with Crippen molar-refractivity contribution in [3.8, 4) is 0 Å². The molecule has 2 amide bonds. The molecule has 5 rings (SSSR count). The number of esters is 1. The summed E-state index contributed by atoms with van der Waals surface area (Å²) in [5.41, 5.74) is -0.825. The minimum Gasteiger partial charge on any atom is -0.480 e. The second-order valence-corrected chi connectivity index (χ2v) is 13.3. The molecule has 4 aliphatic carbocycles. The first-order valence-electron chi connectivity index (χ1n) is 16.9. The number of rotatable bonds is 8. The summed E-state index contributed by atoms with van der Waals surface area (Å²) in [6.45, 7) is 0.265. The van der Waals surface area contributed by atoms with Crippen LogP contribution in [0, 0.1) is 11.8 Å². The van der Waals surface area contributed by atoms with Crippen LogP contribution in [0.25, 0.3) is 0 Å². The number of amides is 2. The van der Waals surface area contributed by atoms with E-state index >= 15 is 0 Å². The van der Waals surface area contributed by atoms with Crippen molar-refractivity contribution in [2.24, 2.45) is 11.8 Å². The van der Waals surface area contributed by atoms with Gasteiger partial charge in [0.1, 0.15) is 17.7 Å². The molecule has 8 nitrogen and oxygen atoms in total. The Morgan fingerprint density at radius 1 is 0.628 bits per heavy atom. The van der Waals surface area contributed by atoms with Gasteiger partial charge in [0.15, 0.2) is 0 Å². The first-order valence-corrected chi connectivity index (χ1v) is 16.9. The van der Waals surface area contributed by atoms with Crippen LogP contribution < -0.4 is 10.6 Å². The molecule has 1 aromatic carbocycles. The lowest BCUT2D eigenvalue weighted by Crippen LogP contribution is -2.57. The zero-order valence-electron chi connectivity index (χ0n) is 25.9. The predicted molar refractivity (Wildman–Crippen MR) is 165 cm³/mol. The van der Waals surface area contributed by atoms with Gasteiger partial charge in [-0.15, -0.1) is 0 Å². The Bertz CT molecular complexity index is 1050. The number of hydrogen-bond acceptors (Lipinski definition) is 5. The minimum atomic E-state index is -0.979. The van der Waals surface area contributed by atoms with E-state index in [2.05, 4.69) is 10.6 Å². The van der Waals surface area contributed by atoms with Crippen LogP contribution in [0.3, 0.4) is 0 Å². The van der Waals surface area contributed by atoms with Crippen molar-refractivity contribution in [1.29, 1.82) is 0 Å². The van der Waals surface area contributed by atoms with E-state index in [1.165, 1.54) is 12.8 Å². The molecule has 0 aliphatic heterocycles. The molecule has 8 heteroatoms. The Hall–Kier alpha value is -2.90. The molecule has 0 atom stereocenters. The molecule has 4 aliphatic rings. The maximum atomic E-state index is 12.9. The van der Waals surface area contributed by atoms with E-state index in [0.717, 1.165) is 95.5 Å². The lowest BCUT2D eigenvalue weighted by Gasteiger charge is -2.37. The molecule has 0 saturated heterocycles. The zero-order chi connectivity index (χ0) is 30.5. The highest BCUT2D eigenvalue weighted by molar-refractivity contribution is 5.89. The largest absolute Gasteiger partial charge is 0.480 e. The summed E-state index contributed by atoms with van der Waals surface area (Å²) in [5.74, 6) is -0.991. The van der Waals surface area contributed by atoms with E-state index in [1.807, 2.05) is 30.3 Å². The fourth-order valence-electron chi connectivity index (χ4n) is 7.35. The number of nitrogens with one attached hydrogen (secondary N) is 2. The van der Waals surface area contributed by atoms with Crippen LogP contribution >= 0.6 is 0 Å². The molecule has 238 valence electrons. The zero-order valence-corrected chi connectivity index (χ0v) is 25.9. The normalized spacial score (nSPS) is 22.2. The lowest BCUT2D eigenvalue weighted by atomic mass is 9.80. The molecule has 0 heterocycles. The fourth-order valence-corrected chi connectivity index (χ4v) is 7.35. The van der Waals surface area contributed by atoms with Gasteiger partial charge in [-0.3, -0.25) is 9.59 Å². The Kier molecular flexibility index (Phi) is 12.5. The molecular formula is C35H52N2O6. The highest BCUT2D eigenvalue weighted by atomic mass is 16.5. The van der Waals surface area contributed by atoms with Gasteiger partial charge in [0.05, 0.1) is 0 Å². The maximum Gasteiger partial charge on any atom is 0.332 e. The standard InChI is InChI=1S/C21H29NO3.C14H23NO3/c23-19(18-12-6-2-7-13-18)22-21(14-8-3-9-15-21)20(24)25-16-17-10-4-1-5-11-17;16-12(11-7-3-1-4-8-11)15-14(13(17)18)9-5-2-6-10-14/h1,4-5,10-11,18H,2-3,6-9,12-16H2,(H,22,23);11H,1-10H2,(H,15,16)(H,17,18). The first kappa shape index (κ1) is 33.0. The van der Waals surface area contributed by atoms with E-state index in [4.69, 9.17) is 4.74 Å². The van der Waals surface area contributed by atoms with E-state index < -0.39 is 17.0 Å². The number of benzene rings is 1. The topological polar surface area (TPSA) is 122 Å². The Morgan fingerprint density at radius 3 is 1.51 bits per heavy atom. The monoisotopic (exact) mass is 596 g/mol. The third kappa shape index (κ3) is 9.29. The molecule has 4 saturated carbocycles. The van der Waals surface area contributed by atoms with E-state index in [9.17, 15) is 24.3 Å². The number of carboxylic acids is 1. The van der Waals surface area contributed by atoms with Crippen molar-refractivity contribution in [2.75, 3.05) is 0 Å². The summed E-state index contributed by atoms with van der Waals surface area (Å²) in [5, 5.41) is 15.4. The quantitative estimate of drug-likeness (QED) is 0.291. The predicted octanol–water partition coefficient (Wildman–Crippen LogP) is 6.60. The molecule has 43 heavy (non-hydrogen) atoms. The van der Waals surface area contributed by atoms with Crippen LogP contribution in [-0.4, -0.2) is 39.9 Å². The molecule has 0 bridgehead atoms. The van der Waals surface area contributed by atoms with Crippen LogP contribution in [0.1, 0.15) is 134 Å². The molecular weight excluding hydrogens is 544 g/mol. The highest BCUT2D eigenvalue weighted by Gasteiger charge is 2.44. The first-order chi connectivity index (χ1) is 20.8. The number of carbonyl (C=O) groups is 4. The van der Waals surface area contributed by atoms with E-state index in [0.29, 0.717) is 25.7 Å². The molecule has 0 radical (unpaired) electrons. The van der Waals surface area contributed by atoms with Crippen LogP contribution in [-0.2, 0) is 30.5 Å². The number of carbonyl (C=O) groups excluding carboxylic acids is 3. The van der Waals surface area contributed by atoms with Gasteiger partial charge in [0.25, 0.3) is 0 Å². The van der Waals surface area contributed by atoms with Crippen LogP contribution in [0.2, 0.25) is 0 Å². The second kappa shape index (κ2) is 16.2. The Balaban J connectivity index is 0.000000208. The van der Waals surface area contributed by atoms with Gasteiger partial charge in [-0.1, -0.05) is 107 Å². The van der Waals surface area contributed by atoms with Gasteiger partial charge < -0.3 is 20.5 Å². The van der Waals surface area contributed by atoms with E-state index in [1.54, 1.807) is 0 Å². The van der Waals surface area contributed by atoms with Gasteiger partial charge in [-0.25, -0.2) is 9.59 Å². The van der Waals surface area contributed by atoms with Crippen molar-refractivity contribution in [3.63, 3.8) is 0 Å².